The summed E-state index contributed by atoms with van der Waals surface area (Å²) >= 11 is 0. The molecule has 2 atom stereocenters. The highest BCUT2D eigenvalue weighted by atomic mass is 32.2. The molecule has 10 heteroatoms. The SMILES string of the molecule is CCCc1ccc(S(=O)(=O)N2CCN(CC(=O)N([C@H]3CCS(=O)(=O)C3)[C@@H](C)CC)CC2)cc1. The van der Waals surface area contributed by atoms with Gasteiger partial charge in [0, 0.05) is 38.3 Å². The topological polar surface area (TPSA) is 95.1 Å². The number of sulfone groups is 1. The number of amides is 1. The molecular formula is C23H37N3O5S2. The number of carbonyl (C=O) groups excluding carboxylic acids is 1. The van der Waals surface area contributed by atoms with Gasteiger partial charge in [-0.3, -0.25) is 9.69 Å². The summed E-state index contributed by atoms with van der Waals surface area (Å²) in [6.07, 6.45) is 3.18. The van der Waals surface area contributed by atoms with E-state index in [4.69, 9.17) is 0 Å². The summed E-state index contributed by atoms with van der Waals surface area (Å²) < 4.78 is 51.5. The monoisotopic (exact) mass is 499 g/mol. The number of aryl methyl sites for hydroxylation is 1. The van der Waals surface area contributed by atoms with Crippen LogP contribution in [0, 0.1) is 0 Å². The van der Waals surface area contributed by atoms with E-state index in [1.54, 1.807) is 17.0 Å². The maximum atomic E-state index is 13.2. The molecule has 3 rings (SSSR count). The van der Waals surface area contributed by atoms with Gasteiger partial charge in [-0.05, 0) is 43.9 Å². The zero-order valence-electron chi connectivity index (χ0n) is 19.9. The van der Waals surface area contributed by atoms with Gasteiger partial charge >= 0.3 is 0 Å². The lowest BCUT2D eigenvalue weighted by Gasteiger charge is -2.38. The van der Waals surface area contributed by atoms with Crippen molar-refractivity contribution in [3.05, 3.63) is 29.8 Å². The lowest BCUT2D eigenvalue weighted by Crippen LogP contribution is -2.54. The third-order valence-electron chi connectivity index (χ3n) is 6.75. The van der Waals surface area contributed by atoms with E-state index >= 15 is 0 Å². The lowest BCUT2D eigenvalue weighted by atomic mass is 10.1. The summed E-state index contributed by atoms with van der Waals surface area (Å²) in [5, 5.41) is 0. The molecular weight excluding hydrogens is 462 g/mol. The summed E-state index contributed by atoms with van der Waals surface area (Å²) in [6, 6.07) is 6.80. The highest BCUT2D eigenvalue weighted by Crippen LogP contribution is 2.23. The highest BCUT2D eigenvalue weighted by Gasteiger charge is 2.37. The van der Waals surface area contributed by atoms with Gasteiger partial charge < -0.3 is 4.90 Å². The zero-order chi connectivity index (χ0) is 24.2. The van der Waals surface area contributed by atoms with Gasteiger partial charge in [-0.1, -0.05) is 32.4 Å². The molecule has 1 aromatic carbocycles. The number of sulfonamides is 1. The smallest absolute Gasteiger partial charge is 0.243 e. The van der Waals surface area contributed by atoms with Gasteiger partial charge in [-0.2, -0.15) is 4.31 Å². The van der Waals surface area contributed by atoms with E-state index in [2.05, 4.69) is 6.92 Å². The molecule has 0 radical (unpaired) electrons. The van der Waals surface area contributed by atoms with E-state index in [0.717, 1.165) is 24.8 Å². The normalized spacial score (nSPS) is 22.8. The average molecular weight is 500 g/mol. The molecule has 186 valence electrons. The number of carbonyl (C=O) groups is 1. The van der Waals surface area contributed by atoms with Gasteiger partial charge in [0.25, 0.3) is 0 Å². The number of hydrogen-bond acceptors (Lipinski definition) is 6. The molecule has 0 aromatic heterocycles. The molecule has 8 nitrogen and oxygen atoms in total. The Balaban J connectivity index is 1.60. The van der Waals surface area contributed by atoms with Crippen LogP contribution < -0.4 is 0 Å². The fraction of sp³-hybridized carbons (Fsp3) is 0.696. The average Bonchev–Trinajstić information content (AvgIpc) is 3.13. The quantitative estimate of drug-likeness (QED) is 0.514. The molecule has 0 N–H and O–H groups in total. The molecule has 2 aliphatic rings. The predicted molar refractivity (Wildman–Crippen MR) is 129 cm³/mol. The molecule has 2 heterocycles. The van der Waals surface area contributed by atoms with Gasteiger partial charge in [0.2, 0.25) is 15.9 Å². The van der Waals surface area contributed by atoms with Crippen molar-refractivity contribution in [3.8, 4) is 0 Å². The Bertz CT molecular complexity index is 1020. The van der Waals surface area contributed by atoms with Crippen LogP contribution in [0.5, 0.6) is 0 Å². The van der Waals surface area contributed by atoms with Gasteiger partial charge in [0.15, 0.2) is 9.84 Å². The molecule has 0 saturated carbocycles. The summed E-state index contributed by atoms with van der Waals surface area (Å²) in [5.41, 5.74) is 1.13. The largest absolute Gasteiger partial charge is 0.335 e. The van der Waals surface area contributed by atoms with Crippen LogP contribution in [0.3, 0.4) is 0 Å². The van der Waals surface area contributed by atoms with Gasteiger partial charge in [0.1, 0.15) is 0 Å². The predicted octanol–water partition coefficient (Wildman–Crippen LogP) is 1.76. The first-order valence-corrected chi connectivity index (χ1v) is 15.2. The first kappa shape index (κ1) is 26.1. The highest BCUT2D eigenvalue weighted by molar-refractivity contribution is 7.91. The van der Waals surface area contributed by atoms with E-state index in [9.17, 15) is 21.6 Å². The number of benzene rings is 1. The second-order valence-electron chi connectivity index (χ2n) is 9.19. The van der Waals surface area contributed by atoms with Crippen LogP contribution in [0.4, 0.5) is 0 Å². The van der Waals surface area contributed by atoms with Crippen molar-refractivity contribution in [1.82, 2.24) is 14.1 Å². The van der Waals surface area contributed by atoms with Crippen molar-refractivity contribution in [2.75, 3.05) is 44.2 Å². The first-order chi connectivity index (χ1) is 15.6. The number of rotatable bonds is 9. The molecule has 2 aliphatic heterocycles. The summed E-state index contributed by atoms with van der Waals surface area (Å²) in [7, 11) is -6.65. The summed E-state index contributed by atoms with van der Waals surface area (Å²) in [6.45, 7) is 7.81. The van der Waals surface area contributed by atoms with Gasteiger partial charge in [0.05, 0.1) is 22.9 Å². The molecule has 2 fully saturated rings. The van der Waals surface area contributed by atoms with Crippen molar-refractivity contribution in [2.45, 2.75) is 63.4 Å². The lowest BCUT2D eigenvalue weighted by molar-refractivity contribution is -0.137. The van der Waals surface area contributed by atoms with Crippen LogP contribution in [0.15, 0.2) is 29.2 Å². The second kappa shape index (κ2) is 10.8. The van der Waals surface area contributed by atoms with Crippen LogP contribution in [0.2, 0.25) is 0 Å². The second-order valence-corrected chi connectivity index (χ2v) is 13.4. The van der Waals surface area contributed by atoms with Crippen molar-refractivity contribution in [1.29, 1.82) is 0 Å². The van der Waals surface area contributed by atoms with Crippen molar-refractivity contribution in [2.24, 2.45) is 0 Å². The summed E-state index contributed by atoms with van der Waals surface area (Å²) in [5.74, 6) is 0.0919. The van der Waals surface area contributed by atoms with Gasteiger partial charge in [-0.15, -0.1) is 0 Å². The third-order valence-corrected chi connectivity index (χ3v) is 10.4. The number of hydrogen-bond donors (Lipinski definition) is 0. The Morgan fingerprint density at radius 3 is 2.27 bits per heavy atom. The van der Waals surface area contributed by atoms with E-state index in [-0.39, 0.29) is 36.0 Å². The van der Waals surface area contributed by atoms with Crippen molar-refractivity contribution in [3.63, 3.8) is 0 Å². The van der Waals surface area contributed by atoms with E-state index in [1.807, 2.05) is 30.9 Å². The van der Waals surface area contributed by atoms with Crippen molar-refractivity contribution >= 4 is 25.8 Å². The Kier molecular flexibility index (Phi) is 8.58. The fourth-order valence-corrected chi connectivity index (χ4v) is 7.80. The Morgan fingerprint density at radius 2 is 1.76 bits per heavy atom. The molecule has 2 saturated heterocycles. The molecule has 0 bridgehead atoms. The Hall–Kier alpha value is -1.49. The first-order valence-electron chi connectivity index (χ1n) is 11.9. The van der Waals surface area contributed by atoms with Crippen LogP contribution in [-0.4, -0.2) is 93.2 Å². The molecule has 0 spiro atoms. The minimum atomic E-state index is -3.56. The fourth-order valence-electron chi connectivity index (χ4n) is 4.67. The third kappa shape index (κ3) is 6.35. The van der Waals surface area contributed by atoms with Crippen molar-refractivity contribution < 1.29 is 21.6 Å². The van der Waals surface area contributed by atoms with Gasteiger partial charge in [-0.25, -0.2) is 16.8 Å². The van der Waals surface area contributed by atoms with E-state index < -0.39 is 19.9 Å². The Morgan fingerprint density at radius 1 is 1.12 bits per heavy atom. The number of piperazine rings is 1. The molecule has 1 aromatic rings. The minimum absolute atomic E-state index is 0.0339. The minimum Gasteiger partial charge on any atom is -0.335 e. The molecule has 1 amide bonds. The van der Waals surface area contributed by atoms with Crippen LogP contribution in [-0.2, 0) is 31.1 Å². The summed E-state index contributed by atoms with van der Waals surface area (Å²) in [4.78, 5) is 17.2. The van der Waals surface area contributed by atoms with E-state index in [1.165, 1.54) is 4.31 Å². The molecule has 0 aliphatic carbocycles. The maximum absolute atomic E-state index is 13.2. The standard InChI is InChI=1S/C23H37N3O5S2/c1-4-6-20-7-9-22(10-8-20)33(30,31)25-14-12-24(13-15-25)17-23(27)26(19(3)5-2)21-11-16-32(28,29)18-21/h7-10,19,21H,4-6,11-18H2,1-3H3/t19-,21-/m0/s1. The van der Waals surface area contributed by atoms with Crippen LogP contribution in [0.1, 0.15) is 45.6 Å². The van der Waals surface area contributed by atoms with E-state index in [0.29, 0.717) is 37.5 Å². The van der Waals surface area contributed by atoms with Crippen LogP contribution in [0.25, 0.3) is 0 Å². The molecule has 33 heavy (non-hydrogen) atoms. The van der Waals surface area contributed by atoms with Crippen LogP contribution >= 0.6 is 0 Å². The Labute approximate surface area is 198 Å². The molecule has 0 unspecified atom stereocenters. The maximum Gasteiger partial charge on any atom is 0.243 e. The number of nitrogens with zero attached hydrogens (tertiary/aromatic N) is 3. The zero-order valence-corrected chi connectivity index (χ0v) is 21.6.